The van der Waals surface area contributed by atoms with E-state index in [2.05, 4.69) is 15.1 Å². The van der Waals surface area contributed by atoms with Crippen LogP contribution in [0.5, 0.6) is 0 Å². The maximum atomic E-state index is 6.04. The van der Waals surface area contributed by atoms with Gasteiger partial charge in [-0.05, 0) is 36.2 Å². The lowest BCUT2D eigenvalue weighted by Crippen LogP contribution is -1.99. The highest BCUT2D eigenvalue weighted by Crippen LogP contribution is 2.26. The monoisotopic (exact) mass is 333 g/mol. The molecule has 0 unspecified atom stereocenters. The molecule has 4 nitrogen and oxygen atoms in total. The number of benzene rings is 1. The van der Waals surface area contributed by atoms with Crippen LogP contribution in [0.1, 0.15) is 24.3 Å². The summed E-state index contributed by atoms with van der Waals surface area (Å²) < 4.78 is 5.37. The molecule has 112 valence electrons. The zero-order valence-electron chi connectivity index (χ0n) is 11.8. The summed E-state index contributed by atoms with van der Waals surface area (Å²) in [6, 6.07) is 9.30. The highest BCUT2D eigenvalue weighted by molar-refractivity contribution is 6.42. The molecule has 0 amide bonds. The Bertz CT molecular complexity index is 774. The first-order valence-corrected chi connectivity index (χ1v) is 7.57. The SMILES string of the molecule is C[C@H](Cc1ccc(Cl)c(Cl)c1)c1nc(-c2ccncc2)no1. The Morgan fingerprint density at radius 1 is 1.09 bits per heavy atom. The van der Waals surface area contributed by atoms with Crippen molar-refractivity contribution in [2.75, 3.05) is 0 Å². The van der Waals surface area contributed by atoms with E-state index in [1.54, 1.807) is 18.5 Å². The second kappa shape index (κ2) is 6.46. The largest absolute Gasteiger partial charge is 0.339 e. The third-order valence-electron chi connectivity index (χ3n) is 3.33. The Hall–Kier alpha value is -1.91. The van der Waals surface area contributed by atoms with E-state index >= 15 is 0 Å². The summed E-state index contributed by atoms with van der Waals surface area (Å²) >= 11 is 12.0. The van der Waals surface area contributed by atoms with Crippen LogP contribution in [0.25, 0.3) is 11.4 Å². The summed E-state index contributed by atoms with van der Waals surface area (Å²) in [5, 5.41) is 5.12. The topological polar surface area (TPSA) is 51.8 Å². The van der Waals surface area contributed by atoms with Gasteiger partial charge in [0.15, 0.2) is 0 Å². The Kier molecular flexibility index (Phi) is 4.41. The summed E-state index contributed by atoms with van der Waals surface area (Å²) in [6.45, 7) is 2.03. The van der Waals surface area contributed by atoms with E-state index in [0.29, 0.717) is 21.8 Å². The van der Waals surface area contributed by atoms with E-state index in [9.17, 15) is 0 Å². The molecule has 1 aromatic carbocycles. The molecule has 2 heterocycles. The van der Waals surface area contributed by atoms with Crippen molar-refractivity contribution in [1.29, 1.82) is 0 Å². The van der Waals surface area contributed by atoms with Crippen molar-refractivity contribution in [3.8, 4) is 11.4 Å². The van der Waals surface area contributed by atoms with Gasteiger partial charge in [-0.25, -0.2) is 0 Å². The average Bonchev–Trinajstić information content (AvgIpc) is 3.02. The van der Waals surface area contributed by atoms with Crippen molar-refractivity contribution in [3.63, 3.8) is 0 Å². The van der Waals surface area contributed by atoms with Gasteiger partial charge in [0.05, 0.1) is 10.0 Å². The predicted molar refractivity (Wildman–Crippen MR) is 86.1 cm³/mol. The second-order valence-electron chi connectivity index (χ2n) is 5.05. The van der Waals surface area contributed by atoms with Crippen LogP contribution in [0.2, 0.25) is 10.0 Å². The molecule has 0 aliphatic carbocycles. The van der Waals surface area contributed by atoms with Gasteiger partial charge in [0, 0.05) is 23.9 Å². The molecule has 3 rings (SSSR count). The molecule has 0 fully saturated rings. The van der Waals surface area contributed by atoms with Gasteiger partial charge in [-0.3, -0.25) is 4.98 Å². The Morgan fingerprint density at radius 2 is 1.86 bits per heavy atom. The average molecular weight is 334 g/mol. The Morgan fingerprint density at radius 3 is 2.59 bits per heavy atom. The lowest BCUT2D eigenvalue weighted by molar-refractivity contribution is 0.359. The van der Waals surface area contributed by atoms with Gasteiger partial charge in [0.25, 0.3) is 0 Å². The molecule has 0 saturated heterocycles. The van der Waals surface area contributed by atoms with Gasteiger partial charge in [0.1, 0.15) is 0 Å². The summed E-state index contributed by atoms with van der Waals surface area (Å²) in [5.74, 6) is 1.25. The molecule has 0 radical (unpaired) electrons. The van der Waals surface area contributed by atoms with Crippen LogP contribution in [-0.2, 0) is 6.42 Å². The smallest absolute Gasteiger partial charge is 0.230 e. The predicted octanol–water partition coefficient (Wildman–Crippen LogP) is 4.78. The number of pyridine rings is 1. The molecule has 22 heavy (non-hydrogen) atoms. The van der Waals surface area contributed by atoms with E-state index in [1.807, 2.05) is 31.2 Å². The minimum absolute atomic E-state index is 0.0836. The Balaban J connectivity index is 1.77. The van der Waals surface area contributed by atoms with Crippen molar-refractivity contribution in [1.82, 2.24) is 15.1 Å². The lowest BCUT2D eigenvalue weighted by Gasteiger charge is -2.07. The van der Waals surface area contributed by atoms with Gasteiger partial charge < -0.3 is 4.52 Å². The number of halogens is 2. The third-order valence-corrected chi connectivity index (χ3v) is 4.07. The molecule has 0 bridgehead atoms. The van der Waals surface area contributed by atoms with E-state index in [4.69, 9.17) is 27.7 Å². The van der Waals surface area contributed by atoms with Crippen LogP contribution < -0.4 is 0 Å². The van der Waals surface area contributed by atoms with E-state index in [0.717, 1.165) is 17.5 Å². The standard InChI is InChI=1S/C16H13Cl2N3O/c1-10(8-11-2-3-13(17)14(18)9-11)16-20-15(21-22-16)12-4-6-19-7-5-12/h2-7,9-10H,8H2,1H3/t10-/m1/s1. The maximum absolute atomic E-state index is 6.04. The van der Waals surface area contributed by atoms with Gasteiger partial charge in [-0.2, -0.15) is 4.98 Å². The molecule has 0 aliphatic rings. The zero-order valence-corrected chi connectivity index (χ0v) is 13.3. The highest BCUT2D eigenvalue weighted by Gasteiger charge is 2.16. The van der Waals surface area contributed by atoms with Crippen molar-refractivity contribution >= 4 is 23.2 Å². The molecule has 3 aromatic rings. The van der Waals surface area contributed by atoms with Gasteiger partial charge in [0.2, 0.25) is 11.7 Å². The molecule has 0 aliphatic heterocycles. The Labute approximate surface area is 138 Å². The minimum atomic E-state index is 0.0836. The minimum Gasteiger partial charge on any atom is -0.339 e. The zero-order chi connectivity index (χ0) is 15.5. The fraction of sp³-hybridized carbons (Fsp3) is 0.188. The summed E-state index contributed by atoms with van der Waals surface area (Å²) in [5.41, 5.74) is 1.96. The molecule has 0 saturated carbocycles. The summed E-state index contributed by atoms with van der Waals surface area (Å²) in [4.78, 5) is 8.43. The van der Waals surface area contributed by atoms with E-state index in [1.165, 1.54) is 0 Å². The third kappa shape index (κ3) is 3.29. The van der Waals surface area contributed by atoms with Gasteiger partial charge in [-0.1, -0.05) is 41.3 Å². The lowest BCUT2D eigenvalue weighted by atomic mass is 10.0. The molecule has 2 aromatic heterocycles. The van der Waals surface area contributed by atoms with E-state index < -0.39 is 0 Å². The fourth-order valence-corrected chi connectivity index (χ4v) is 2.48. The van der Waals surface area contributed by atoms with Crippen LogP contribution >= 0.6 is 23.2 Å². The quantitative estimate of drug-likeness (QED) is 0.689. The van der Waals surface area contributed by atoms with Crippen molar-refractivity contribution in [3.05, 3.63) is 64.2 Å². The summed E-state index contributed by atoms with van der Waals surface area (Å²) in [7, 11) is 0. The fourth-order valence-electron chi connectivity index (χ4n) is 2.16. The van der Waals surface area contributed by atoms with Gasteiger partial charge >= 0.3 is 0 Å². The molecule has 0 N–H and O–H groups in total. The normalized spacial score (nSPS) is 12.3. The number of hydrogen-bond donors (Lipinski definition) is 0. The first-order chi connectivity index (χ1) is 10.6. The maximum Gasteiger partial charge on any atom is 0.230 e. The van der Waals surface area contributed by atoms with Crippen molar-refractivity contribution in [2.24, 2.45) is 0 Å². The number of aromatic nitrogens is 3. The van der Waals surface area contributed by atoms with Crippen LogP contribution in [0.15, 0.2) is 47.2 Å². The molecular formula is C16H13Cl2N3O. The van der Waals surface area contributed by atoms with Crippen LogP contribution in [-0.4, -0.2) is 15.1 Å². The number of rotatable bonds is 4. The first kappa shape index (κ1) is 15.0. The van der Waals surface area contributed by atoms with E-state index in [-0.39, 0.29) is 5.92 Å². The van der Waals surface area contributed by atoms with Crippen LogP contribution in [0, 0.1) is 0 Å². The van der Waals surface area contributed by atoms with Gasteiger partial charge in [-0.15, -0.1) is 0 Å². The molecule has 1 atom stereocenters. The van der Waals surface area contributed by atoms with Crippen molar-refractivity contribution in [2.45, 2.75) is 19.3 Å². The van der Waals surface area contributed by atoms with Crippen LogP contribution in [0.4, 0.5) is 0 Å². The molecule has 0 spiro atoms. The molecular weight excluding hydrogens is 321 g/mol. The number of nitrogens with zero attached hydrogens (tertiary/aromatic N) is 3. The molecule has 6 heteroatoms. The number of hydrogen-bond acceptors (Lipinski definition) is 4. The van der Waals surface area contributed by atoms with Crippen LogP contribution in [0.3, 0.4) is 0 Å². The van der Waals surface area contributed by atoms with Crippen molar-refractivity contribution < 1.29 is 4.52 Å². The second-order valence-corrected chi connectivity index (χ2v) is 5.86. The first-order valence-electron chi connectivity index (χ1n) is 6.81. The highest BCUT2D eigenvalue weighted by atomic mass is 35.5. The summed E-state index contributed by atoms with van der Waals surface area (Å²) in [6.07, 6.45) is 4.14.